The third-order valence-electron chi connectivity index (χ3n) is 3.62. The summed E-state index contributed by atoms with van der Waals surface area (Å²) in [7, 11) is 2.96. The van der Waals surface area contributed by atoms with Gasteiger partial charge in [-0.25, -0.2) is 9.18 Å². The Morgan fingerprint density at radius 3 is 2.90 bits per heavy atom. The lowest BCUT2D eigenvalue weighted by atomic mass is 10.1. The van der Waals surface area contributed by atoms with Gasteiger partial charge in [0.1, 0.15) is 5.82 Å². The molecule has 0 spiro atoms. The minimum Gasteiger partial charge on any atom is -0.465 e. The van der Waals surface area contributed by atoms with Gasteiger partial charge in [0.15, 0.2) is 0 Å². The number of benzene rings is 1. The van der Waals surface area contributed by atoms with Gasteiger partial charge < -0.3 is 9.47 Å². The van der Waals surface area contributed by atoms with Gasteiger partial charge >= 0.3 is 5.97 Å². The van der Waals surface area contributed by atoms with Crippen LogP contribution in [-0.4, -0.2) is 44.8 Å². The molecule has 0 aromatic heterocycles. The molecule has 1 aromatic carbocycles. The van der Waals surface area contributed by atoms with Gasteiger partial charge in [-0.2, -0.15) is 0 Å². The van der Waals surface area contributed by atoms with E-state index in [-0.39, 0.29) is 5.56 Å². The lowest BCUT2D eigenvalue weighted by Gasteiger charge is -2.16. The predicted octanol–water partition coefficient (Wildman–Crippen LogP) is 2.08. The number of rotatable bonds is 5. The molecule has 0 saturated carbocycles. The van der Waals surface area contributed by atoms with Crippen LogP contribution in [-0.2, 0) is 16.0 Å². The van der Waals surface area contributed by atoms with E-state index in [2.05, 4.69) is 9.64 Å². The molecule has 1 saturated heterocycles. The smallest absolute Gasteiger partial charge is 0.340 e. The third-order valence-corrected chi connectivity index (χ3v) is 3.62. The summed E-state index contributed by atoms with van der Waals surface area (Å²) >= 11 is 0. The molecule has 4 nitrogen and oxygen atoms in total. The first-order valence-corrected chi connectivity index (χ1v) is 6.72. The Kier molecular flexibility index (Phi) is 5.09. The normalized spacial score (nSPS) is 19.2. The minimum absolute atomic E-state index is 0.0186. The van der Waals surface area contributed by atoms with Crippen molar-refractivity contribution in [3.8, 4) is 0 Å². The molecule has 20 heavy (non-hydrogen) atoms. The summed E-state index contributed by atoms with van der Waals surface area (Å²) in [5.74, 6) is -0.614. The Bertz CT molecular complexity index is 478. The maximum Gasteiger partial charge on any atom is 0.340 e. The number of carbonyl (C=O) groups is 1. The van der Waals surface area contributed by atoms with Crippen molar-refractivity contribution >= 4 is 5.97 Å². The average molecular weight is 281 g/mol. The predicted molar refractivity (Wildman–Crippen MR) is 73.0 cm³/mol. The molecule has 110 valence electrons. The van der Waals surface area contributed by atoms with Crippen LogP contribution in [0.1, 0.15) is 22.3 Å². The fourth-order valence-corrected chi connectivity index (χ4v) is 2.62. The molecular weight excluding hydrogens is 261 g/mol. The number of halogens is 1. The van der Waals surface area contributed by atoms with Gasteiger partial charge in [0, 0.05) is 20.2 Å². The number of likely N-dealkylation sites (tertiary alicyclic amines) is 1. The molecule has 0 bridgehead atoms. The van der Waals surface area contributed by atoms with Crippen molar-refractivity contribution in [1.82, 2.24) is 4.90 Å². The van der Waals surface area contributed by atoms with E-state index >= 15 is 0 Å². The summed E-state index contributed by atoms with van der Waals surface area (Å²) in [4.78, 5) is 13.6. The zero-order valence-corrected chi connectivity index (χ0v) is 11.9. The molecule has 1 aliphatic heterocycles. The topological polar surface area (TPSA) is 38.8 Å². The van der Waals surface area contributed by atoms with Crippen molar-refractivity contribution in [3.05, 3.63) is 35.1 Å². The van der Waals surface area contributed by atoms with E-state index in [0.29, 0.717) is 12.5 Å². The second kappa shape index (κ2) is 6.81. The van der Waals surface area contributed by atoms with Crippen molar-refractivity contribution in [1.29, 1.82) is 0 Å². The summed E-state index contributed by atoms with van der Waals surface area (Å²) in [5.41, 5.74) is 0.850. The van der Waals surface area contributed by atoms with Crippen LogP contribution in [0.5, 0.6) is 0 Å². The zero-order valence-electron chi connectivity index (χ0n) is 11.9. The van der Waals surface area contributed by atoms with Crippen molar-refractivity contribution < 1.29 is 18.7 Å². The monoisotopic (exact) mass is 281 g/mol. The average Bonchev–Trinajstić information content (AvgIpc) is 2.86. The summed E-state index contributed by atoms with van der Waals surface area (Å²) in [6.45, 7) is 3.42. The summed E-state index contributed by atoms with van der Waals surface area (Å²) in [6, 6.07) is 4.67. The van der Waals surface area contributed by atoms with Gasteiger partial charge in [0.25, 0.3) is 0 Å². The molecule has 5 heteroatoms. The highest BCUT2D eigenvalue weighted by Gasteiger charge is 2.22. The lowest BCUT2D eigenvalue weighted by molar-refractivity contribution is 0.0595. The highest BCUT2D eigenvalue weighted by molar-refractivity contribution is 5.89. The van der Waals surface area contributed by atoms with E-state index < -0.39 is 11.8 Å². The van der Waals surface area contributed by atoms with E-state index in [1.165, 1.54) is 19.2 Å². The van der Waals surface area contributed by atoms with Crippen LogP contribution in [0.2, 0.25) is 0 Å². The van der Waals surface area contributed by atoms with Gasteiger partial charge in [0.2, 0.25) is 0 Å². The van der Waals surface area contributed by atoms with E-state index in [1.54, 1.807) is 13.2 Å². The molecule has 0 N–H and O–H groups in total. The molecule has 1 unspecified atom stereocenters. The molecule has 1 fully saturated rings. The largest absolute Gasteiger partial charge is 0.465 e. The molecule has 1 aromatic rings. The Balaban J connectivity index is 1.97. The van der Waals surface area contributed by atoms with E-state index in [4.69, 9.17) is 4.74 Å². The van der Waals surface area contributed by atoms with Crippen LogP contribution in [0.3, 0.4) is 0 Å². The van der Waals surface area contributed by atoms with Gasteiger partial charge in [0.05, 0.1) is 19.3 Å². The Hall–Kier alpha value is -1.46. The summed E-state index contributed by atoms with van der Waals surface area (Å²) < 4.78 is 23.5. The zero-order chi connectivity index (χ0) is 14.5. The molecule has 0 radical (unpaired) electrons. The second-order valence-corrected chi connectivity index (χ2v) is 5.15. The van der Waals surface area contributed by atoms with Gasteiger partial charge in [-0.3, -0.25) is 4.90 Å². The summed E-state index contributed by atoms with van der Waals surface area (Å²) in [5, 5.41) is 0. The lowest BCUT2D eigenvalue weighted by Crippen LogP contribution is -2.21. The number of methoxy groups -OCH3 is 2. The van der Waals surface area contributed by atoms with Crippen molar-refractivity contribution in [2.45, 2.75) is 13.0 Å². The van der Waals surface area contributed by atoms with Gasteiger partial charge in [-0.15, -0.1) is 0 Å². The fourth-order valence-electron chi connectivity index (χ4n) is 2.62. The quantitative estimate of drug-likeness (QED) is 0.775. The number of esters is 1. The highest BCUT2D eigenvalue weighted by Crippen LogP contribution is 2.20. The molecule has 0 aliphatic carbocycles. The molecule has 1 atom stereocenters. The fraction of sp³-hybridized carbons (Fsp3) is 0.533. The first-order chi connectivity index (χ1) is 9.63. The van der Waals surface area contributed by atoms with Crippen molar-refractivity contribution in [3.63, 3.8) is 0 Å². The molecule has 1 aliphatic rings. The Morgan fingerprint density at radius 2 is 2.25 bits per heavy atom. The first kappa shape index (κ1) is 14.9. The first-order valence-electron chi connectivity index (χ1n) is 6.72. The van der Waals surface area contributed by atoms with Crippen molar-refractivity contribution in [2.75, 3.05) is 33.9 Å². The third kappa shape index (κ3) is 3.55. The van der Waals surface area contributed by atoms with Crippen LogP contribution in [0.25, 0.3) is 0 Å². The second-order valence-electron chi connectivity index (χ2n) is 5.15. The van der Waals surface area contributed by atoms with Crippen LogP contribution in [0, 0.1) is 11.7 Å². The summed E-state index contributed by atoms with van der Waals surface area (Å²) in [6.07, 6.45) is 1.11. The Morgan fingerprint density at radius 1 is 1.45 bits per heavy atom. The van der Waals surface area contributed by atoms with Crippen LogP contribution in [0.15, 0.2) is 18.2 Å². The molecule has 2 rings (SSSR count). The van der Waals surface area contributed by atoms with Crippen molar-refractivity contribution in [2.24, 2.45) is 5.92 Å². The SMILES string of the molecule is COCC1CCN(Cc2ccc(C(=O)OC)c(F)c2)C1. The number of carbonyl (C=O) groups excluding carboxylic acids is 1. The van der Waals surface area contributed by atoms with Crippen LogP contribution >= 0.6 is 0 Å². The van der Waals surface area contributed by atoms with Gasteiger partial charge in [-0.1, -0.05) is 6.07 Å². The standard InChI is InChI=1S/C15H20FNO3/c1-19-10-12-5-6-17(9-12)8-11-3-4-13(14(16)7-11)15(18)20-2/h3-4,7,12H,5-6,8-10H2,1-2H3. The number of hydrogen-bond donors (Lipinski definition) is 0. The van der Waals surface area contributed by atoms with Crippen LogP contribution < -0.4 is 0 Å². The number of hydrogen-bond acceptors (Lipinski definition) is 4. The molecule has 1 heterocycles. The van der Waals surface area contributed by atoms with Crippen LogP contribution in [0.4, 0.5) is 4.39 Å². The van der Waals surface area contributed by atoms with E-state index in [1.807, 2.05) is 0 Å². The minimum atomic E-state index is -0.643. The number of nitrogens with zero attached hydrogens (tertiary/aromatic N) is 1. The molecule has 0 amide bonds. The molecular formula is C15H20FNO3. The Labute approximate surface area is 118 Å². The van der Waals surface area contributed by atoms with E-state index in [9.17, 15) is 9.18 Å². The maximum absolute atomic E-state index is 13.8. The highest BCUT2D eigenvalue weighted by atomic mass is 19.1. The number of ether oxygens (including phenoxy) is 2. The van der Waals surface area contributed by atoms with Gasteiger partial charge in [-0.05, 0) is 36.6 Å². The maximum atomic E-state index is 13.8. The van der Waals surface area contributed by atoms with E-state index in [0.717, 1.165) is 31.7 Å².